The first-order chi connectivity index (χ1) is 8.67. The highest BCUT2D eigenvalue weighted by molar-refractivity contribution is 14.1. The Bertz CT molecular complexity index is 557. The molecule has 0 aliphatic heterocycles. The van der Waals surface area contributed by atoms with Crippen molar-refractivity contribution in [1.29, 1.82) is 0 Å². The number of rotatable bonds is 4. The lowest BCUT2D eigenvalue weighted by Crippen LogP contribution is -2.04. The van der Waals surface area contributed by atoms with Crippen molar-refractivity contribution < 1.29 is 4.79 Å². The molecular weight excluding hydrogens is 343 g/mol. The Balaban J connectivity index is 2.22. The molecule has 0 unspecified atom stereocenters. The van der Waals surface area contributed by atoms with Crippen LogP contribution in [0.15, 0.2) is 30.3 Å². The Morgan fingerprint density at radius 1 is 1.22 bits per heavy atom. The lowest BCUT2D eigenvalue weighted by Gasteiger charge is -2.07. The van der Waals surface area contributed by atoms with Crippen LogP contribution in [0.4, 0.5) is 17.5 Å². The largest absolute Gasteiger partial charge is 0.340 e. The molecule has 0 saturated heterocycles. The molecule has 92 valence electrons. The molecule has 5 nitrogen and oxygen atoms in total. The molecule has 0 spiro atoms. The molecule has 2 N–H and O–H groups in total. The van der Waals surface area contributed by atoms with Gasteiger partial charge in [0.25, 0.3) is 0 Å². The normalized spacial score (nSPS) is 9.89. The van der Waals surface area contributed by atoms with Crippen LogP contribution in [0, 0.1) is 10.5 Å². The average Bonchev–Trinajstić information content (AvgIpc) is 2.32. The Morgan fingerprint density at radius 3 is 2.61 bits per heavy atom. The molecule has 1 aromatic heterocycles. The minimum atomic E-state index is 0.290. The third-order valence-corrected chi connectivity index (χ3v) is 2.88. The topological polar surface area (TPSA) is 66.9 Å². The van der Waals surface area contributed by atoms with E-state index < -0.39 is 0 Å². The third kappa shape index (κ3) is 3.39. The number of nitrogens with zero attached hydrogens (tertiary/aromatic N) is 2. The number of carbonyl (C=O) groups is 1. The summed E-state index contributed by atoms with van der Waals surface area (Å²) < 4.78 is 1.17. The number of benzene rings is 1. The maximum atomic E-state index is 10.4. The van der Waals surface area contributed by atoms with Crippen LogP contribution in [0.5, 0.6) is 0 Å². The van der Waals surface area contributed by atoms with Gasteiger partial charge in [-0.25, -0.2) is 4.98 Å². The highest BCUT2D eigenvalue weighted by Crippen LogP contribution is 2.17. The number of aryl methyl sites for hydroxylation is 1. The first-order valence-corrected chi connectivity index (χ1v) is 6.34. The van der Waals surface area contributed by atoms with Crippen LogP contribution in [0.1, 0.15) is 5.69 Å². The van der Waals surface area contributed by atoms with E-state index in [-0.39, 0.29) is 5.95 Å². The fourth-order valence-electron chi connectivity index (χ4n) is 1.43. The van der Waals surface area contributed by atoms with Gasteiger partial charge in [0.15, 0.2) is 0 Å². The van der Waals surface area contributed by atoms with Gasteiger partial charge in [-0.1, -0.05) is 0 Å². The zero-order valence-corrected chi connectivity index (χ0v) is 11.8. The fraction of sp³-hybridized carbons (Fsp3) is 0.0833. The first-order valence-electron chi connectivity index (χ1n) is 5.26. The molecule has 6 heteroatoms. The minimum absolute atomic E-state index is 0.290. The summed E-state index contributed by atoms with van der Waals surface area (Å²) in [6.45, 7) is 1.84. The molecule has 18 heavy (non-hydrogen) atoms. The second-order valence-electron chi connectivity index (χ2n) is 3.61. The average molecular weight is 354 g/mol. The molecule has 1 amide bonds. The molecular formula is C12H11IN4O. The van der Waals surface area contributed by atoms with Crippen LogP contribution in [0.25, 0.3) is 0 Å². The Hall–Kier alpha value is -1.70. The second kappa shape index (κ2) is 5.76. The zero-order valence-electron chi connectivity index (χ0n) is 9.64. The molecule has 0 aliphatic rings. The quantitative estimate of drug-likeness (QED) is 0.655. The monoisotopic (exact) mass is 354 g/mol. The summed E-state index contributed by atoms with van der Waals surface area (Å²) in [4.78, 5) is 18.6. The van der Waals surface area contributed by atoms with Crippen LogP contribution in [-0.2, 0) is 4.79 Å². The smallest absolute Gasteiger partial charge is 0.231 e. The molecule has 0 fully saturated rings. The maximum Gasteiger partial charge on any atom is 0.231 e. The van der Waals surface area contributed by atoms with Gasteiger partial charge in [0.1, 0.15) is 5.82 Å². The number of halogens is 1. The molecule has 0 aliphatic carbocycles. The highest BCUT2D eigenvalue weighted by Gasteiger charge is 2.02. The lowest BCUT2D eigenvalue weighted by atomic mass is 10.3. The Labute approximate surface area is 118 Å². The van der Waals surface area contributed by atoms with Gasteiger partial charge in [-0.3, -0.25) is 10.1 Å². The van der Waals surface area contributed by atoms with Crippen LogP contribution in [0.2, 0.25) is 0 Å². The molecule has 0 bridgehead atoms. The predicted octanol–water partition coefficient (Wildman–Crippen LogP) is 2.70. The van der Waals surface area contributed by atoms with E-state index in [0.29, 0.717) is 12.2 Å². The van der Waals surface area contributed by atoms with Crippen LogP contribution >= 0.6 is 22.6 Å². The van der Waals surface area contributed by atoms with Crippen LogP contribution in [0.3, 0.4) is 0 Å². The summed E-state index contributed by atoms with van der Waals surface area (Å²) in [6.07, 6.45) is 0.559. The van der Waals surface area contributed by atoms with Crippen LogP contribution in [-0.4, -0.2) is 16.4 Å². The number of amides is 1. The summed E-state index contributed by atoms with van der Waals surface area (Å²) in [6, 6.07) is 9.75. The van der Waals surface area contributed by atoms with E-state index in [1.807, 2.05) is 37.3 Å². The second-order valence-corrected chi connectivity index (χ2v) is 4.86. The van der Waals surface area contributed by atoms with Crippen molar-refractivity contribution in [3.63, 3.8) is 0 Å². The van der Waals surface area contributed by atoms with Gasteiger partial charge in [-0.05, 0) is 53.8 Å². The van der Waals surface area contributed by atoms with Gasteiger partial charge >= 0.3 is 0 Å². The molecule has 0 radical (unpaired) electrons. The number of aromatic nitrogens is 2. The van der Waals surface area contributed by atoms with Crippen molar-refractivity contribution in [2.45, 2.75) is 6.92 Å². The summed E-state index contributed by atoms with van der Waals surface area (Å²) in [5.74, 6) is 0.936. The van der Waals surface area contributed by atoms with Crippen molar-refractivity contribution in [3.8, 4) is 0 Å². The van der Waals surface area contributed by atoms with E-state index in [1.165, 1.54) is 3.57 Å². The summed E-state index contributed by atoms with van der Waals surface area (Å²) in [7, 11) is 0. The minimum Gasteiger partial charge on any atom is -0.340 e. The summed E-state index contributed by atoms with van der Waals surface area (Å²) in [5, 5.41) is 5.60. The van der Waals surface area contributed by atoms with E-state index in [2.05, 4.69) is 43.2 Å². The molecule has 0 saturated carbocycles. The van der Waals surface area contributed by atoms with Gasteiger partial charge < -0.3 is 5.32 Å². The van der Waals surface area contributed by atoms with E-state index in [1.54, 1.807) is 0 Å². The number of nitrogens with one attached hydrogen (secondary N) is 2. The highest BCUT2D eigenvalue weighted by atomic mass is 127. The fourth-order valence-corrected chi connectivity index (χ4v) is 1.79. The Kier molecular flexibility index (Phi) is 4.08. The number of hydrogen-bond acceptors (Lipinski definition) is 4. The van der Waals surface area contributed by atoms with E-state index in [4.69, 9.17) is 0 Å². The van der Waals surface area contributed by atoms with Gasteiger partial charge in [0.2, 0.25) is 12.4 Å². The van der Waals surface area contributed by atoms with Crippen molar-refractivity contribution in [1.82, 2.24) is 9.97 Å². The number of carbonyl (C=O) groups excluding carboxylic acids is 1. The number of hydrogen-bond donors (Lipinski definition) is 2. The van der Waals surface area contributed by atoms with Crippen molar-refractivity contribution in [2.24, 2.45) is 0 Å². The Morgan fingerprint density at radius 2 is 1.94 bits per heavy atom. The molecule has 2 rings (SSSR count). The van der Waals surface area contributed by atoms with Gasteiger partial charge in [-0.2, -0.15) is 4.98 Å². The van der Waals surface area contributed by atoms with Gasteiger partial charge in [0, 0.05) is 21.0 Å². The maximum absolute atomic E-state index is 10.4. The predicted molar refractivity (Wildman–Crippen MR) is 78.9 cm³/mol. The zero-order chi connectivity index (χ0) is 13.0. The SMILES string of the molecule is Cc1cc(Nc2ccc(I)cc2)nc(NC=O)n1. The molecule has 1 heterocycles. The summed E-state index contributed by atoms with van der Waals surface area (Å²) in [5.41, 5.74) is 1.72. The molecule has 2 aromatic rings. The van der Waals surface area contributed by atoms with Crippen molar-refractivity contribution >= 4 is 46.5 Å². The van der Waals surface area contributed by atoms with Gasteiger partial charge in [-0.15, -0.1) is 0 Å². The first kappa shape index (κ1) is 12.7. The third-order valence-electron chi connectivity index (χ3n) is 2.16. The van der Waals surface area contributed by atoms with Crippen molar-refractivity contribution in [2.75, 3.05) is 10.6 Å². The van der Waals surface area contributed by atoms with E-state index in [0.717, 1.165) is 11.4 Å². The van der Waals surface area contributed by atoms with E-state index >= 15 is 0 Å². The van der Waals surface area contributed by atoms with Crippen LogP contribution < -0.4 is 10.6 Å². The number of anilines is 3. The summed E-state index contributed by atoms with van der Waals surface area (Å²) >= 11 is 2.25. The molecule has 1 aromatic carbocycles. The lowest BCUT2D eigenvalue weighted by molar-refractivity contribution is -0.105. The van der Waals surface area contributed by atoms with Gasteiger partial charge in [0.05, 0.1) is 0 Å². The van der Waals surface area contributed by atoms with E-state index in [9.17, 15) is 4.79 Å². The van der Waals surface area contributed by atoms with Crippen molar-refractivity contribution in [3.05, 3.63) is 39.6 Å². The standard InChI is InChI=1S/C12H11IN4O/c1-8-6-11(17-12(15-8)14-7-18)16-10-4-2-9(13)3-5-10/h2-7H,1H3,(H2,14,15,16,17,18). The molecule has 0 atom stereocenters.